The average Bonchev–Trinajstić information content (AvgIpc) is 3.21. The Labute approximate surface area is 177 Å². The quantitative estimate of drug-likeness (QED) is 0.470. The second-order valence-electron chi connectivity index (χ2n) is 6.72. The molecule has 3 heterocycles. The van der Waals surface area contributed by atoms with Gasteiger partial charge in [-0.1, -0.05) is 52.3 Å². The second kappa shape index (κ2) is 8.38. The fourth-order valence-corrected chi connectivity index (χ4v) is 4.87. The lowest BCUT2D eigenvalue weighted by atomic mass is 10.1. The van der Waals surface area contributed by atoms with Gasteiger partial charge in [-0.15, -0.1) is 16.8 Å². The van der Waals surface area contributed by atoms with Gasteiger partial charge >= 0.3 is 0 Å². The topological polar surface area (TPSA) is 57.7 Å². The number of benzene rings is 1. The number of hydrogen-bond acceptors (Lipinski definition) is 5. The summed E-state index contributed by atoms with van der Waals surface area (Å²) in [6, 6.07) is 10.6. The molecule has 0 N–H and O–H groups in total. The predicted molar refractivity (Wildman–Crippen MR) is 117 cm³/mol. The Kier molecular flexibility index (Phi) is 5.69. The van der Waals surface area contributed by atoms with E-state index in [0.717, 1.165) is 52.4 Å². The van der Waals surface area contributed by atoms with Crippen molar-refractivity contribution in [3.63, 3.8) is 0 Å². The van der Waals surface area contributed by atoms with Crippen LogP contribution in [-0.2, 0) is 13.0 Å². The number of aryl methyl sites for hydroxylation is 1. The lowest BCUT2D eigenvalue weighted by molar-refractivity contribution is 0.586. The highest BCUT2D eigenvalue weighted by atomic mass is 79.9. The monoisotopic (exact) mass is 453 g/mol. The van der Waals surface area contributed by atoms with Crippen LogP contribution in [0.15, 0.2) is 51.8 Å². The maximum Gasteiger partial charge on any atom is 0.177 e. The number of hydrogen-bond donors (Lipinski definition) is 0. The first kappa shape index (κ1) is 19.0. The predicted octanol–water partition coefficient (Wildman–Crippen LogP) is 5.19. The summed E-state index contributed by atoms with van der Waals surface area (Å²) in [6.45, 7) is 5.40. The van der Waals surface area contributed by atoms with Gasteiger partial charge in [-0.25, -0.2) is 0 Å². The summed E-state index contributed by atoms with van der Waals surface area (Å²) >= 11 is 5.05. The lowest BCUT2D eigenvalue weighted by Crippen LogP contribution is -2.18. The SMILES string of the molecule is C=CCN1C(c2ccc(Br)cc2)=CSC1=C(C#N)c1nnc2n1CCCCC2. The van der Waals surface area contributed by atoms with Crippen LogP contribution in [0.3, 0.4) is 0 Å². The van der Waals surface area contributed by atoms with Crippen molar-refractivity contribution in [1.82, 2.24) is 19.7 Å². The number of nitrogens with zero attached hydrogens (tertiary/aromatic N) is 5. The van der Waals surface area contributed by atoms with Crippen LogP contribution >= 0.6 is 27.7 Å². The summed E-state index contributed by atoms with van der Waals surface area (Å²) in [7, 11) is 0. The molecule has 28 heavy (non-hydrogen) atoms. The van der Waals surface area contributed by atoms with Crippen LogP contribution in [-0.4, -0.2) is 26.2 Å². The molecule has 2 aliphatic heterocycles. The van der Waals surface area contributed by atoms with Crippen molar-refractivity contribution in [2.45, 2.75) is 32.2 Å². The van der Waals surface area contributed by atoms with Gasteiger partial charge in [0.05, 0.1) is 5.70 Å². The zero-order valence-electron chi connectivity index (χ0n) is 15.4. The van der Waals surface area contributed by atoms with Gasteiger partial charge in [-0.2, -0.15) is 5.26 Å². The first-order chi connectivity index (χ1) is 13.7. The third-order valence-corrected chi connectivity index (χ3v) is 6.45. The number of nitriles is 1. The van der Waals surface area contributed by atoms with Gasteiger partial charge in [-0.05, 0) is 30.5 Å². The van der Waals surface area contributed by atoms with E-state index in [4.69, 9.17) is 0 Å². The Morgan fingerprint density at radius 2 is 2.07 bits per heavy atom. The van der Waals surface area contributed by atoms with E-state index < -0.39 is 0 Å². The molecular weight excluding hydrogens is 434 g/mol. The smallest absolute Gasteiger partial charge is 0.177 e. The molecule has 1 aromatic carbocycles. The molecule has 142 valence electrons. The van der Waals surface area contributed by atoms with Crippen LogP contribution < -0.4 is 0 Å². The van der Waals surface area contributed by atoms with Gasteiger partial charge in [0.2, 0.25) is 0 Å². The number of rotatable bonds is 4. The van der Waals surface area contributed by atoms with Crippen molar-refractivity contribution >= 4 is 39.0 Å². The van der Waals surface area contributed by atoms with E-state index in [1.54, 1.807) is 11.8 Å². The van der Waals surface area contributed by atoms with Crippen molar-refractivity contribution in [2.75, 3.05) is 6.54 Å². The summed E-state index contributed by atoms with van der Waals surface area (Å²) in [4.78, 5) is 2.14. The maximum absolute atomic E-state index is 10.0. The summed E-state index contributed by atoms with van der Waals surface area (Å²) in [5, 5.41) is 21.8. The Morgan fingerprint density at radius 3 is 2.82 bits per heavy atom. The second-order valence-corrected chi connectivity index (χ2v) is 8.49. The summed E-state index contributed by atoms with van der Waals surface area (Å²) < 4.78 is 3.17. The van der Waals surface area contributed by atoms with Gasteiger partial charge < -0.3 is 9.47 Å². The third kappa shape index (κ3) is 3.54. The van der Waals surface area contributed by atoms with E-state index >= 15 is 0 Å². The Hall–Kier alpha value is -2.30. The summed E-state index contributed by atoms with van der Waals surface area (Å²) in [5.74, 6) is 1.67. The minimum Gasteiger partial charge on any atom is -0.330 e. The first-order valence-corrected chi connectivity index (χ1v) is 11.0. The van der Waals surface area contributed by atoms with E-state index in [1.807, 2.05) is 18.2 Å². The van der Waals surface area contributed by atoms with Crippen molar-refractivity contribution in [3.05, 3.63) is 69.0 Å². The van der Waals surface area contributed by atoms with Crippen LogP contribution in [0.2, 0.25) is 0 Å². The van der Waals surface area contributed by atoms with Gasteiger partial charge in [0, 0.05) is 29.4 Å². The molecule has 0 radical (unpaired) electrons. The molecule has 2 aliphatic rings. The van der Waals surface area contributed by atoms with Crippen molar-refractivity contribution in [2.24, 2.45) is 0 Å². The number of allylic oxidation sites excluding steroid dienone is 1. The first-order valence-electron chi connectivity index (χ1n) is 9.31. The molecule has 7 heteroatoms. The molecule has 0 saturated carbocycles. The minimum atomic E-state index is 0.580. The average molecular weight is 454 g/mol. The Balaban J connectivity index is 1.77. The van der Waals surface area contributed by atoms with Crippen molar-refractivity contribution < 1.29 is 0 Å². The Morgan fingerprint density at radius 1 is 1.25 bits per heavy atom. The molecule has 0 spiro atoms. The van der Waals surface area contributed by atoms with Crippen LogP contribution in [0, 0.1) is 11.3 Å². The fraction of sp³-hybridized carbons (Fsp3) is 0.286. The number of halogens is 1. The normalized spacial score (nSPS) is 18.1. The fourth-order valence-electron chi connectivity index (χ4n) is 3.56. The highest BCUT2D eigenvalue weighted by Gasteiger charge is 2.28. The molecule has 0 unspecified atom stereocenters. The van der Waals surface area contributed by atoms with Crippen LogP contribution in [0.25, 0.3) is 11.3 Å². The van der Waals surface area contributed by atoms with Crippen LogP contribution in [0.4, 0.5) is 0 Å². The molecule has 1 aromatic heterocycles. The molecule has 0 saturated heterocycles. The van der Waals surface area contributed by atoms with Crippen LogP contribution in [0.1, 0.15) is 36.5 Å². The van der Waals surface area contributed by atoms with Crippen LogP contribution in [0.5, 0.6) is 0 Å². The van der Waals surface area contributed by atoms with Gasteiger partial charge in [-0.3, -0.25) is 0 Å². The largest absolute Gasteiger partial charge is 0.330 e. The minimum absolute atomic E-state index is 0.580. The highest BCUT2D eigenvalue weighted by molar-refractivity contribution is 9.10. The molecule has 4 rings (SSSR count). The molecule has 2 aromatic rings. The van der Waals surface area contributed by atoms with Crippen molar-refractivity contribution in [3.8, 4) is 6.07 Å². The van der Waals surface area contributed by atoms with E-state index in [0.29, 0.717) is 17.9 Å². The van der Waals surface area contributed by atoms with E-state index in [1.165, 1.54) is 6.42 Å². The number of fused-ring (bicyclic) bond motifs is 1. The summed E-state index contributed by atoms with van der Waals surface area (Å²) in [5.41, 5.74) is 2.75. The van der Waals surface area contributed by atoms with E-state index in [2.05, 4.69) is 65.8 Å². The lowest BCUT2D eigenvalue weighted by Gasteiger charge is -2.23. The highest BCUT2D eigenvalue weighted by Crippen LogP contribution is 2.43. The third-order valence-electron chi connectivity index (χ3n) is 4.93. The number of aromatic nitrogens is 3. The summed E-state index contributed by atoms with van der Waals surface area (Å²) in [6.07, 6.45) is 6.19. The number of thioether (sulfide) groups is 1. The van der Waals surface area contributed by atoms with Gasteiger partial charge in [0.25, 0.3) is 0 Å². The standard InChI is InChI=1S/C21H20BrN5S/c1-2-11-26-18(15-7-9-16(22)10-8-15)14-28-21(26)17(13-23)20-25-24-19-6-4-3-5-12-27(19)20/h2,7-10,14H,1,3-6,11-12H2. The molecule has 0 amide bonds. The molecule has 0 atom stereocenters. The molecule has 0 fully saturated rings. The van der Waals surface area contributed by atoms with E-state index in [9.17, 15) is 5.26 Å². The zero-order valence-corrected chi connectivity index (χ0v) is 17.8. The van der Waals surface area contributed by atoms with Gasteiger partial charge in [0.15, 0.2) is 5.82 Å². The van der Waals surface area contributed by atoms with Crippen molar-refractivity contribution in [1.29, 1.82) is 5.26 Å². The Bertz CT molecular complexity index is 997. The van der Waals surface area contributed by atoms with Gasteiger partial charge in [0.1, 0.15) is 22.5 Å². The molecular formula is C21H20BrN5S. The molecule has 5 nitrogen and oxygen atoms in total. The molecule has 0 bridgehead atoms. The van der Waals surface area contributed by atoms with E-state index in [-0.39, 0.29) is 0 Å². The maximum atomic E-state index is 10.0. The molecule has 0 aliphatic carbocycles. The zero-order chi connectivity index (χ0) is 19.5.